The van der Waals surface area contributed by atoms with Crippen LogP contribution in [-0.4, -0.2) is 0 Å². The number of nitriles is 1. The molecule has 20 heavy (non-hydrogen) atoms. The predicted octanol–water partition coefficient (Wildman–Crippen LogP) is 5.03. The number of thiophene rings is 1. The van der Waals surface area contributed by atoms with Crippen molar-refractivity contribution in [1.29, 1.82) is 5.26 Å². The Morgan fingerprint density at radius 2 is 1.55 bits per heavy atom. The Bertz CT molecular complexity index is 740. The van der Waals surface area contributed by atoms with Gasteiger partial charge >= 0.3 is 0 Å². The summed E-state index contributed by atoms with van der Waals surface area (Å²) in [6.07, 6.45) is 0. The summed E-state index contributed by atoms with van der Waals surface area (Å²) in [6.45, 7) is 0. The summed E-state index contributed by atoms with van der Waals surface area (Å²) in [7, 11) is 0. The van der Waals surface area contributed by atoms with E-state index in [0.717, 1.165) is 21.1 Å². The largest absolute Gasteiger partial charge is 0.347 e. The number of para-hydroxylation sites is 1. The summed E-state index contributed by atoms with van der Waals surface area (Å²) < 4.78 is 0. The molecule has 0 fully saturated rings. The molecular formula is C17H12N2S. The zero-order valence-corrected chi connectivity index (χ0v) is 11.5. The maximum atomic E-state index is 9.29. The van der Waals surface area contributed by atoms with Crippen molar-refractivity contribution in [3.05, 3.63) is 72.3 Å². The molecule has 3 aromatic rings. The van der Waals surface area contributed by atoms with Crippen molar-refractivity contribution in [3.63, 3.8) is 0 Å². The van der Waals surface area contributed by atoms with Crippen LogP contribution in [-0.2, 0) is 0 Å². The third kappa shape index (κ3) is 2.56. The van der Waals surface area contributed by atoms with E-state index in [-0.39, 0.29) is 0 Å². The van der Waals surface area contributed by atoms with Crippen molar-refractivity contribution in [2.24, 2.45) is 0 Å². The summed E-state index contributed by atoms with van der Waals surface area (Å²) in [6, 6.07) is 24.1. The van der Waals surface area contributed by atoms with Crippen LogP contribution in [0.1, 0.15) is 5.56 Å². The van der Waals surface area contributed by atoms with Crippen LogP contribution in [0.15, 0.2) is 66.7 Å². The third-order valence-electron chi connectivity index (χ3n) is 2.93. The molecule has 0 aliphatic rings. The predicted molar refractivity (Wildman–Crippen MR) is 84.2 cm³/mol. The van der Waals surface area contributed by atoms with Crippen molar-refractivity contribution >= 4 is 22.0 Å². The summed E-state index contributed by atoms with van der Waals surface area (Å²) in [5.41, 5.74) is 2.81. The number of hydrogen-bond donors (Lipinski definition) is 1. The fourth-order valence-electron chi connectivity index (χ4n) is 2.00. The molecule has 2 aromatic carbocycles. The lowest BCUT2D eigenvalue weighted by Gasteiger charge is -2.01. The molecule has 1 aromatic heterocycles. The maximum Gasteiger partial charge on any atom is 0.101 e. The number of anilines is 2. The summed E-state index contributed by atoms with van der Waals surface area (Å²) in [5.74, 6) is 0. The highest BCUT2D eigenvalue weighted by molar-refractivity contribution is 7.19. The molecule has 0 aliphatic heterocycles. The van der Waals surface area contributed by atoms with E-state index >= 15 is 0 Å². The van der Waals surface area contributed by atoms with Crippen molar-refractivity contribution in [1.82, 2.24) is 0 Å². The molecule has 3 heteroatoms. The van der Waals surface area contributed by atoms with Gasteiger partial charge < -0.3 is 5.32 Å². The van der Waals surface area contributed by atoms with E-state index in [1.54, 1.807) is 11.3 Å². The number of hydrogen-bond acceptors (Lipinski definition) is 3. The molecule has 1 N–H and O–H groups in total. The topological polar surface area (TPSA) is 35.8 Å². The van der Waals surface area contributed by atoms with Crippen LogP contribution in [0.25, 0.3) is 10.4 Å². The van der Waals surface area contributed by atoms with Crippen LogP contribution in [0.5, 0.6) is 0 Å². The fourth-order valence-corrected chi connectivity index (χ4v) is 3.04. The highest BCUT2D eigenvalue weighted by Gasteiger charge is 2.10. The first-order valence-electron chi connectivity index (χ1n) is 6.28. The smallest absolute Gasteiger partial charge is 0.101 e. The van der Waals surface area contributed by atoms with Crippen LogP contribution >= 0.6 is 11.3 Å². The molecule has 0 aliphatic carbocycles. The van der Waals surface area contributed by atoms with Crippen LogP contribution in [0.3, 0.4) is 0 Å². The van der Waals surface area contributed by atoms with Crippen LogP contribution in [0, 0.1) is 11.3 Å². The van der Waals surface area contributed by atoms with Crippen LogP contribution in [0.2, 0.25) is 0 Å². The van der Waals surface area contributed by atoms with Crippen LogP contribution < -0.4 is 5.32 Å². The number of benzene rings is 2. The zero-order valence-electron chi connectivity index (χ0n) is 10.7. The molecule has 0 unspecified atom stereocenters. The molecule has 96 valence electrons. The van der Waals surface area contributed by atoms with Crippen LogP contribution in [0.4, 0.5) is 10.7 Å². The molecule has 0 atom stereocenters. The van der Waals surface area contributed by atoms with Gasteiger partial charge in [0, 0.05) is 5.69 Å². The van der Waals surface area contributed by atoms with Gasteiger partial charge in [-0.1, -0.05) is 48.5 Å². The summed E-state index contributed by atoms with van der Waals surface area (Å²) in [4.78, 5) is 1.01. The Balaban J connectivity index is 1.96. The minimum atomic E-state index is 0.708. The SMILES string of the molecule is N#Cc1cc(Nc2ccccc2)sc1-c1ccccc1. The van der Waals surface area contributed by atoms with Gasteiger partial charge in [-0.2, -0.15) is 5.26 Å². The van der Waals surface area contributed by atoms with Gasteiger partial charge in [0.25, 0.3) is 0 Å². The number of rotatable bonds is 3. The Morgan fingerprint density at radius 1 is 0.900 bits per heavy atom. The lowest BCUT2D eigenvalue weighted by Crippen LogP contribution is -1.85. The van der Waals surface area contributed by atoms with Crippen molar-refractivity contribution in [3.8, 4) is 16.5 Å². The number of nitrogens with one attached hydrogen (secondary N) is 1. The molecule has 0 saturated heterocycles. The van der Waals surface area contributed by atoms with Gasteiger partial charge in [0.1, 0.15) is 6.07 Å². The first-order valence-corrected chi connectivity index (χ1v) is 7.10. The summed E-state index contributed by atoms with van der Waals surface area (Å²) >= 11 is 1.60. The highest BCUT2D eigenvalue weighted by atomic mass is 32.1. The molecule has 0 radical (unpaired) electrons. The molecule has 3 rings (SSSR count). The van der Waals surface area contributed by atoms with Gasteiger partial charge in [0.2, 0.25) is 0 Å². The van der Waals surface area contributed by atoms with Gasteiger partial charge in [0.05, 0.1) is 15.4 Å². The maximum absolute atomic E-state index is 9.29. The van der Waals surface area contributed by atoms with Gasteiger partial charge in [-0.3, -0.25) is 0 Å². The van der Waals surface area contributed by atoms with Gasteiger partial charge in [0.15, 0.2) is 0 Å². The zero-order chi connectivity index (χ0) is 13.8. The Hall–Kier alpha value is -2.57. The van der Waals surface area contributed by atoms with Crippen molar-refractivity contribution < 1.29 is 0 Å². The Morgan fingerprint density at radius 3 is 2.20 bits per heavy atom. The summed E-state index contributed by atoms with van der Waals surface area (Å²) in [5, 5.41) is 13.6. The minimum Gasteiger partial charge on any atom is -0.347 e. The standard InChI is InChI=1S/C17H12N2S/c18-12-14-11-16(19-15-9-5-2-6-10-15)20-17(14)13-7-3-1-4-8-13/h1-11,19H. The molecule has 0 bridgehead atoms. The van der Waals surface area contributed by atoms with Gasteiger partial charge in [-0.15, -0.1) is 11.3 Å². The van der Waals surface area contributed by atoms with E-state index < -0.39 is 0 Å². The molecule has 0 spiro atoms. The highest BCUT2D eigenvalue weighted by Crippen LogP contribution is 2.36. The average molecular weight is 276 g/mol. The second kappa shape index (κ2) is 5.60. The third-order valence-corrected chi connectivity index (χ3v) is 4.03. The lowest BCUT2D eigenvalue weighted by molar-refractivity contribution is 1.50. The minimum absolute atomic E-state index is 0.708. The molecule has 2 nitrogen and oxygen atoms in total. The van der Waals surface area contributed by atoms with Gasteiger partial charge in [-0.25, -0.2) is 0 Å². The monoisotopic (exact) mass is 276 g/mol. The second-order valence-corrected chi connectivity index (χ2v) is 5.37. The Labute approximate surface area is 121 Å². The molecule has 0 saturated carbocycles. The quantitative estimate of drug-likeness (QED) is 0.728. The molecule has 0 amide bonds. The van der Waals surface area contributed by atoms with E-state index in [1.807, 2.05) is 66.7 Å². The molecule has 1 heterocycles. The molecular weight excluding hydrogens is 264 g/mol. The first kappa shape index (κ1) is 12.5. The van der Waals surface area contributed by atoms with E-state index in [4.69, 9.17) is 0 Å². The fraction of sp³-hybridized carbons (Fsp3) is 0. The number of nitrogens with zero attached hydrogens (tertiary/aromatic N) is 1. The van der Waals surface area contributed by atoms with E-state index in [9.17, 15) is 5.26 Å². The lowest BCUT2D eigenvalue weighted by atomic mass is 10.1. The van der Waals surface area contributed by atoms with Gasteiger partial charge in [-0.05, 0) is 23.8 Å². The van der Waals surface area contributed by atoms with E-state index in [1.165, 1.54) is 0 Å². The van der Waals surface area contributed by atoms with E-state index in [0.29, 0.717) is 5.56 Å². The van der Waals surface area contributed by atoms with Crippen molar-refractivity contribution in [2.75, 3.05) is 5.32 Å². The van der Waals surface area contributed by atoms with Crippen molar-refractivity contribution in [2.45, 2.75) is 0 Å². The average Bonchev–Trinajstić information content (AvgIpc) is 2.92. The van der Waals surface area contributed by atoms with E-state index in [2.05, 4.69) is 11.4 Å². The second-order valence-electron chi connectivity index (χ2n) is 4.32. The first-order chi connectivity index (χ1) is 9.86. The normalized spacial score (nSPS) is 9.95. The Kier molecular flexibility index (Phi) is 3.49.